The molecule has 0 saturated carbocycles. The van der Waals surface area contributed by atoms with E-state index in [9.17, 15) is 14.3 Å². The van der Waals surface area contributed by atoms with E-state index in [1.54, 1.807) is 31.2 Å². The highest BCUT2D eigenvalue weighted by Gasteiger charge is 2.29. The van der Waals surface area contributed by atoms with Gasteiger partial charge in [0.1, 0.15) is 5.82 Å². The van der Waals surface area contributed by atoms with Gasteiger partial charge >= 0.3 is 0 Å². The molecular formula is C34H44FNO3. The summed E-state index contributed by atoms with van der Waals surface area (Å²) in [7, 11) is 1.00. The number of rotatable bonds is 10. The van der Waals surface area contributed by atoms with E-state index in [0.29, 0.717) is 33.6 Å². The Balaban J connectivity index is 0.000000391. The van der Waals surface area contributed by atoms with Gasteiger partial charge in [-0.3, -0.25) is 4.79 Å². The third kappa shape index (κ3) is 9.09. The topological polar surface area (TPSA) is 70.4 Å². The number of carbonyl (C=O) groups is 1. The number of nitrogens with zero attached hydrogens (tertiary/aromatic N) is 1. The third-order valence-electron chi connectivity index (χ3n) is 6.61. The Kier molecular flexibility index (Phi) is 14.9. The molecule has 3 aromatic rings. The summed E-state index contributed by atoms with van der Waals surface area (Å²) in [6.45, 7) is 13.5. The first-order chi connectivity index (χ1) is 18.8. The lowest BCUT2D eigenvalue weighted by molar-refractivity contribution is 0.101. The molecule has 0 bridgehead atoms. The molecule has 1 aromatic heterocycles. The number of carbonyl (C=O) groups excluding carboxylic acids is 1. The SMILES string of the molecule is C=Cc1c(C(C)=O)cc(-c2ccc(C)c(F)c2)nc1/C=C\C.CCCC(CO)(CCC)c1ccccc1.CO. The summed E-state index contributed by atoms with van der Waals surface area (Å²) in [6, 6.07) is 17.1. The number of hydrogen-bond donors (Lipinski definition) is 2. The molecular weight excluding hydrogens is 489 g/mol. The van der Waals surface area contributed by atoms with Gasteiger partial charge in [0.15, 0.2) is 5.78 Å². The highest BCUT2D eigenvalue weighted by molar-refractivity contribution is 5.99. The molecule has 0 atom stereocenters. The Labute approximate surface area is 234 Å². The molecule has 0 radical (unpaired) electrons. The minimum absolute atomic E-state index is 0.00917. The summed E-state index contributed by atoms with van der Waals surface area (Å²) in [6.07, 6.45) is 9.67. The number of hydrogen-bond acceptors (Lipinski definition) is 4. The van der Waals surface area contributed by atoms with Crippen molar-refractivity contribution in [1.29, 1.82) is 0 Å². The number of aliphatic hydroxyl groups excluding tert-OH is 2. The summed E-state index contributed by atoms with van der Waals surface area (Å²) in [5, 5.41) is 16.7. The Morgan fingerprint density at radius 1 is 1.05 bits per heavy atom. The summed E-state index contributed by atoms with van der Waals surface area (Å²) in [4.78, 5) is 16.5. The van der Waals surface area contributed by atoms with Gasteiger partial charge in [0.05, 0.1) is 18.0 Å². The van der Waals surface area contributed by atoms with E-state index in [0.717, 1.165) is 32.8 Å². The van der Waals surface area contributed by atoms with E-state index in [1.807, 2.05) is 25.1 Å². The zero-order valence-electron chi connectivity index (χ0n) is 24.3. The van der Waals surface area contributed by atoms with Crippen LogP contribution in [0.2, 0.25) is 0 Å². The second kappa shape index (κ2) is 17.2. The average molecular weight is 534 g/mol. The van der Waals surface area contributed by atoms with Crippen LogP contribution in [0.4, 0.5) is 4.39 Å². The van der Waals surface area contributed by atoms with Crippen molar-refractivity contribution in [2.45, 2.75) is 65.7 Å². The molecule has 0 amide bonds. The number of ketones is 1. The van der Waals surface area contributed by atoms with Crippen LogP contribution in [0.5, 0.6) is 0 Å². The Morgan fingerprint density at radius 3 is 2.13 bits per heavy atom. The second-order valence-electron chi connectivity index (χ2n) is 9.38. The maximum absolute atomic E-state index is 13.8. The van der Waals surface area contributed by atoms with Crippen LogP contribution in [0.25, 0.3) is 23.4 Å². The smallest absolute Gasteiger partial charge is 0.160 e. The number of aliphatic hydroxyl groups is 2. The van der Waals surface area contributed by atoms with Crippen LogP contribution in [0.15, 0.2) is 67.3 Å². The molecule has 0 fully saturated rings. The molecule has 2 N–H and O–H groups in total. The normalized spacial score (nSPS) is 10.8. The Morgan fingerprint density at radius 2 is 1.67 bits per heavy atom. The van der Waals surface area contributed by atoms with Gasteiger partial charge in [-0.2, -0.15) is 0 Å². The van der Waals surface area contributed by atoms with Gasteiger partial charge in [0, 0.05) is 29.2 Å². The molecule has 2 aromatic carbocycles. The fourth-order valence-electron chi connectivity index (χ4n) is 4.68. The van der Waals surface area contributed by atoms with Crippen LogP contribution in [-0.4, -0.2) is 34.7 Å². The van der Waals surface area contributed by atoms with Gasteiger partial charge in [-0.1, -0.05) is 87.9 Å². The van der Waals surface area contributed by atoms with Crippen molar-refractivity contribution in [2.24, 2.45) is 0 Å². The highest BCUT2D eigenvalue weighted by atomic mass is 19.1. The van der Waals surface area contributed by atoms with Crippen molar-refractivity contribution in [3.63, 3.8) is 0 Å². The van der Waals surface area contributed by atoms with Crippen molar-refractivity contribution in [3.8, 4) is 11.3 Å². The first kappa shape index (κ1) is 33.6. The molecule has 4 nitrogen and oxygen atoms in total. The van der Waals surface area contributed by atoms with Crippen LogP contribution in [-0.2, 0) is 5.41 Å². The predicted octanol–water partition coefficient (Wildman–Crippen LogP) is 8.20. The fraction of sp³-hybridized carbons (Fsp3) is 0.353. The molecule has 0 spiro atoms. The molecule has 0 aliphatic heterocycles. The first-order valence-corrected chi connectivity index (χ1v) is 13.5. The predicted molar refractivity (Wildman–Crippen MR) is 162 cm³/mol. The van der Waals surface area contributed by atoms with Crippen molar-refractivity contribution in [3.05, 3.63) is 101 Å². The monoisotopic (exact) mass is 533 g/mol. The van der Waals surface area contributed by atoms with E-state index < -0.39 is 0 Å². The highest BCUT2D eigenvalue weighted by Crippen LogP contribution is 2.33. The van der Waals surface area contributed by atoms with Crippen LogP contribution in [0.3, 0.4) is 0 Å². The zero-order chi connectivity index (χ0) is 29.4. The van der Waals surface area contributed by atoms with Crippen LogP contribution >= 0.6 is 0 Å². The minimum Gasteiger partial charge on any atom is -0.400 e. The Hall–Kier alpha value is -3.41. The lowest BCUT2D eigenvalue weighted by Gasteiger charge is -2.32. The average Bonchev–Trinajstić information content (AvgIpc) is 2.96. The molecule has 210 valence electrons. The summed E-state index contributed by atoms with van der Waals surface area (Å²) < 4.78 is 13.8. The summed E-state index contributed by atoms with van der Waals surface area (Å²) in [5.41, 5.74) is 4.96. The second-order valence-corrected chi connectivity index (χ2v) is 9.38. The van der Waals surface area contributed by atoms with Crippen LogP contribution in [0, 0.1) is 12.7 Å². The van der Waals surface area contributed by atoms with Crippen molar-refractivity contribution >= 4 is 17.9 Å². The number of pyridine rings is 1. The Bertz CT molecular complexity index is 1210. The summed E-state index contributed by atoms with van der Waals surface area (Å²) in [5.74, 6) is -0.360. The maximum Gasteiger partial charge on any atom is 0.160 e. The zero-order valence-corrected chi connectivity index (χ0v) is 24.3. The number of benzene rings is 2. The quantitative estimate of drug-likeness (QED) is 0.258. The molecule has 3 rings (SSSR count). The first-order valence-electron chi connectivity index (χ1n) is 13.5. The number of allylic oxidation sites excluding steroid dienone is 1. The molecule has 39 heavy (non-hydrogen) atoms. The van der Waals surface area contributed by atoms with Gasteiger partial charge < -0.3 is 10.2 Å². The van der Waals surface area contributed by atoms with Crippen molar-refractivity contribution < 1.29 is 19.4 Å². The molecule has 0 aliphatic rings. The third-order valence-corrected chi connectivity index (χ3v) is 6.61. The molecule has 5 heteroatoms. The van der Waals surface area contributed by atoms with Gasteiger partial charge in [0.25, 0.3) is 0 Å². The van der Waals surface area contributed by atoms with E-state index in [1.165, 1.54) is 18.6 Å². The standard InChI is InChI=1S/C19H18FNO.C14H22O.CH4O/c1-5-7-18-15(6-2)16(13(4)22)11-19(21-18)14-9-8-12(3)17(20)10-14;1-3-10-14(12-15,11-4-2)13-8-6-5-7-9-13;1-2/h5-11H,2H2,1,3-4H3;5-9,15H,3-4,10-12H2,1-2H3;2H,1H3/b7-5-;;. The largest absolute Gasteiger partial charge is 0.400 e. The van der Waals surface area contributed by atoms with E-state index in [2.05, 4.69) is 49.7 Å². The fourth-order valence-corrected chi connectivity index (χ4v) is 4.68. The van der Waals surface area contributed by atoms with Crippen LogP contribution < -0.4 is 0 Å². The molecule has 0 aliphatic carbocycles. The summed E-state index contributed by atoms with van der Waals surface area (Å²) >= 11 is 0. The van der Waals surface area contributed by atoms with E-state index >= 15 is 0 Å². The lowest BCUT2D eigenvalue weighted by atomic mass is 9.74. The van der Waals surface area contributed by atoms with Gasteiger partial charge in [-0.15, -0.1) is 0 Å². The van der Waals surface area contributed by atoms with Crippen molar-refractivity contribution in [1.82, 2.24) is 4.98 Å². The molecule has 0 saturated heterocycles. The maximum atomic E-state index is 13.8. The van der Waals surface area contributed by atoms with E-state index in [-0.39, 0.29) is 23.6 Å². The van der Waals surface area contributed by atoms with Gasteiger partial charge in [-0.05, 0) is 62.9 Å². The lowest BCUT2D eigenvalue weighted by Crippen LogP contribution is -2.30. The minimum atomic E-state index is -0.288. The van der Waals surface area contributed by atoms with Gasteiger partial charge in [0.2, 0.25) is 0 Å². The molecule has 0 unspecified atom stereocenters. The van der Waals surface area contributed by atoms with Crippen molar-refractivity contribution in [2.75, 3.05) is 13.7 Å². The number of aromatic nitrogens is 1. The number of aryl methyl sites for hydroxylation is 1. The number of Topliss-reactive ketones (excluding diaryl/α,β-unsaturated/α-hetero) is 1. The van der Waals surface area contributed by atoms with E-state index in [4.69, 9.17) is 5.11 Å². The van der Waals surface area contributed by atoms with Crippen LogP contribution in [0.1, 0.15) is 86.1 Å². The molecule has 1 heterocycles. The number of halogens is 1. The van der Waals surface area contributed by atoms with Gasteiger partial charge in [-0.25, -0.2) is 9.37 Å².